The lowest BCUT2D eigenvalue weighted by molar-refractivity contribution is 0.280. The summed E-state index contributed by atoms with van der Waals surface area (Å²) in [6.07, 6.45) is 4.58. The molecule has 1 aromatic rings. The van der Waals surface area contributed by atoms with Gasteiger partial charge in [0, 0.05) is 12.6 Å². The first-order chi connectivity index (χ1) is 10.0. The Morgan fingerprint density at radius 2 is 1.95 bits per heavy atom. The molecule has 1 N–H and O–H groups in total. The SMILES string of the molecule is CCCCN(C1CC1)S(=O)(=O)c1ccc(CC)c(CO)c1. The van der Waals surface area contributed by atoms with Crippen molar-refractivity contribution in [1.82, 2.24) is 4.31 Å². The first-order valence-electron chi connectivity index (χ1n) is 7.79. The highest BCUT2D eigenvalue weighted by molar-refractivity contribution is 7.89. The van der Waals surface area contributed by atoms with E-state index in [1.54, 1.807) is 16.4 Å². The highest BCUT2D eigenvalue weighted by Gasteiger charge is 2.37. The van der Waals surface area contributed by atoms with Crippen LogP contribution in [-0.4, -0.2) is 30.4 Å². The molecule has 0 aliphatic heterocycles. The molecule has 0 radical (unpaired) electrons. The van der Waals surface area contributed by atoms with Crippen molar-refractivity contribution in [2.45, 2.75) is 63.5 Å². The Balaban J connectivity index is 2.32. The molecule has 0 amide bonds. The molecule has 4 nitrogen and oxygen atoms in total. The lowest BCUT2D eigenvalue weighted by Crippen LogP contribution is -2.34. The topological polar surface area (TPSA) is 57.6 Å². The fraction of sp³-hybridized carbons (Fsp3) is 0.625. The van der Waals surface area contributed by atoms with E-state index in [4.69, 9.17) is 0 Å². The zero-order valence-electron chi connectivity index (χ0n) is 12.9. The zero-order valence-corrected chi connectivity index (χ0v) is 13.7. The smallest absolute Gasteiger partial charge is 0.243 e. The Hall–Kier alpha value is -0.910. The molecule has 0 bridgehead atoms. The second-order valence-corrected chi connectivity index (χ2v) is 7.53. The van der Waals surface area contributed by atoms with Gasteiger partial charge in [-0.3, -0.25) is 0 Å². The number of hydrogen-bond acceptors (Lipinski definition) is 3. The maximum Gasteiger partial charge on any atom is 0.243 e. The highest BCUT2D eigenvalue weighted by atomic mass is 32.2. The van der Waals surface area contributed by atoms with Gasteiger partial charge in [0.25, 0.3) is 0 Å². The lowest BCUT2D eigenvalue weighted by Gasteiger charge is -2.22. The molecule has 1 aliphatic carbocycles. The summed E-state index contributed by atoms with van der Waals surface area (Å²) in [4.78, 5) is 0.312. The molecular weight excluding hydrogens is 286 g/mol. The Bertz CT molecular complexity index is 579. The molecule has 118 valence electrons. The molecule has 0 saturated heterocycles. The van der Waals surface area contributed by atoms with Gasteiger partial charge < -0.3 is 5.11 Å². The van der Waals surface area contributed by atoms with Crippen LogP contribution in [0.4, 0.5) is 0 Å². The van der Waals surface area contributed by atoms with Crippen molar-refractivity contribution >= 4 is 10.0 Å². The number of rotatable bonds is 8. The monoisotopic (exact) mass is 311 g/mol. The average molecular weight is 311 g/mol. The van der Waals surface area contributed by atoms with Crippen LogP contribution in [0.2, 0.25) is 0 Å². The molecule has 21 heavy (non-hydrogen) atoms. The van der Waals surface area contributed by atoms with Crippen molar-refractivity contribution in [2.24, 2.45) is 0 Å². The van der Waals surface area contributed by atoms with Gasteiger partial charge >= 0.3 is 0 Å². The van der Waals surface area contributed by atoms with E-state index in [0.717, 1.165) is 37.7 Å². The number of unbranched alkanes of at least 4 members (excludes halogenated alkanes) is 1. The molecule has 0 atom stereocenters. The van der Waals surface area contributed by atoms with E-state index in [0.29, 0.717) is 17.0 Å². The van der Waals surface area contributed by atoms with Gasteiger partial charge in [-0.25, -0.2) is 8.42 Å². The number of aliphatic hydroxyl groups is 1. The minimum atomic E-state index is -3.45. The maximum absolute atomic E-state index is 12.8. The summed E-state index contributed by atoms with van der Waals surface area (Å²) >= 11 is 0. The van der Waals surface area contributed by atoms with Gasteiger partial charge in [-0.1, -0.05) is 26.3 Å². The van der Waals surface area contributed by atoms with Crippen molar-refractivity contribution in [3.63, 3.8) is 0 Å². The zero-order chi connectivity index (χ0) is 15.5. The summed E-state index contributed by atoms with van der Waals surface area (Å²) in [6.45, 7) is 4.54. The van der Waals surface area contributed by atoms with Gasteiger partial charge in [0.2, 0.25) is 10.0 Å². The molecule has 0 unspecified atom stereocenters. The van der Waals surface area contributed by atoms with Crippen LogP contribution in [0.5, 0.6) is 0 Å². The van der Waals surface area contributed by atoms with E-state index < -0.39 is 10.0 Å². The molecule has 1 aromatic carbocycles. The molecule has 0 aromatic heterocycles. The standard InChI is InChI=1S/C16H25NO3S/c1-3-5-10-17(15-7-8-15)21(19,20)16-9-6-13(4-2)14(11-16)12-18/h6,9,11,15,18H,3-5,7-8,10,12H2,1-2H3. The first kappa shape index (κ1) is 16.5. The summed E-state index contributed by atoms with van der Waals surface area (Å²) < 4.78 is 27.3. The largest absolute Gasteiger partial charge is 0.392 e. The second kappa shape index (κ2) is 6.90. The van der Waals surface area contributed by atoms with Gasteiger partial charge in [0.15, 0.2) is 0 Å². The molecule has 2 rings (SSSR count). The van der Waals surface area contributed by atoms with Crippen molar-refractivity contribution in [1.29, 1.82) is 0 Å². The van der Waals surface area contributed by atoms with E-state index in [-0.39, 0.29) is 12.6 Å². The number of aliphatic hydroxyl groups excluding tert-OH is 1. The molecule has 1 aliphatic rings. The predicted molar refractivity (Wildman–Crippen MR) is 83.6 cm³/mol. The van der Waals surface area contributed by atoms with E-state index in [2.05, 4.69) is 6.92 Å². The third-order valence-corrected chi connectivity index (χ3v) is 5.97. The molecule has 1 saturated carbocycles. The summed E-state index contributed by atoms with van der Waals surface area (Å²) in [5, 5.41) is 9.43. The minimum Gasteiger partial charge on any atom is -0.392 e. The second-order valence-electron chi connectivity index (χ2n) is 5.64. The van der Waals surface area contributed by atoms with Crippen LogP contribution in [0.15, 0.2) is 23.1 Å². The highest BCUT2D eigenvalue weighted by Crippen LogP contribution is 2.32. The van der Waals surface area contributed by atoms with Gasteiger partial charge in [-0.15, -0.1) is 0 Å². The molecule has 5 heteroatoms. The Morgan fingerprint density at radius 1 is 1.24 bits per heavy atom. The van der Waals surface area contributed by atoms with Gasteiger partial charge in [-0.2, -0.15) is 4.31 Å². The van der Waals surface area contributed by atoms with Gasteiger partial charge in [-0.05, 0) is 48.9 Å². The van der Waals surface area contributed by atoms with Crippen LogP contribution >= 0.6 is 0 Å². The third-order valence-electron chi connectivity index (χ3n) is 4.02. The van der Waals surface area contributed by atoms with Crippen LogP contribution in [0.1, 0.15) is 50.7 Å². The third kappa shape index (κ3) is 3.65. The number of benzene rings is 1. The van der Waals surface area contributed by atoms with Crippen LogP contribution in [0.25, 0.3) is 0 Å². The van der Waals surface area contributed by atoms with E-state index in [9.17, 15) is 13.5 Å². The number of nitrogens with zero attached hydrogens (tertiary/aromatic N) is 1. The maximum atomic E-state index is 12.8. The van der Waals surface area contributed by atoms with E-state index in [1.807, 2.05) is 13.0 Å². The van der Waals surface area contributed by atoms with Crippen LogP contribution < -0.4 is 0 Å². The van der Waals surface area contributed by atoms with Crippen LogP contribution in [-0.2, 0) is 23.1 Å². The first-order valence-corrected chi connectivity index (χ1v) is 9.23. The molecule has 0 heterocycles. The summed E-state index contributed by atoms with van der Waals surface area (Å²) in [5.41, 5.74) is 1.72. The fourth-order valence-electron chi connectivity index (χ4n) is 2.57. The Morgan fingerprint density at radius 3 is 2.48 bits per heavy atom. The molecule has 0 spiro atoms. The van der Waals surface area contributed by atoms with Crippen molar-refractivity contribution in [3.05, 3.63) is 29.3 Å². The van der Waals surface area contributed by atoms with E-state index in [1.165, 1.54) is 0 Å². The van der Waals surface area contributed by atoms with Gasteiger partial charge in [0.1, 0.15) is 0 Å². The fourth-order valence-corrected chi connectivity index (χ4v) is 4.34. The normalized spacial score (nSPS) is 15.6. The number of sulfonamides is 1. The number of aryl methyl sites for hydroxylation is 1. The molecular formula is C16H25NO3S. The van der Waals surface area contributed by atoms with Crippen LogP contribution in [0.3, 0.4) is 0 Å². The van der Waals surface area contributed by atoms with Gasteiger partial charge in [0.05, 0.1) is 11.5 Å². The molecule has 1 fully saturated rings. The summed E-state index contributed by atoms with van der Waals surface area (Å²) in [6, 6.07) is 5.30. The van der Waals surface area contributed by atoms with Crippen LogP contribution in [0, 0.1) is 0 Å². The summed E-state index contributed by atoms with van der Waals surface area (Å²) in [5.74, 6) is 0. The predicted octanol–water partition coefficient (Wildman–Crippen LogP) is 2.69. The minimum absolute atomic E-state index is 0.120. The van der Waals surface area contributed by atoms with Crippen molar-refractivity contribution in [2.75, 3.05) is 6.54 Å². The quantitative estimate of drug-likeness (QED) is 0.803. The van der Waals surface area contributed by atoms with Crippen molar-refractivity contribution < 1.29 is 13.5 Å². The Labute approximate surface area is 127 Å². The number of hydrogen-bond donors (Lipinski definition) is 1. The Kier molecular flexibility index (Phi) is 5.41. The summed E-state index contributed by atoms with van der Waals surface area (Å²) in [7, 11) is -3.45. The van der Waals surface area contributed by atoms with Crippen molar-refractivity contribution in [3.8, 4) is 0 Å². The lowest BCUT2D eigenvalue weighted by atomic mass is 10.1. The van der Waals surface area contributed by atoms with E-state index >= 15 is 0 Å². The average Bonchev–Trinajstić information content (AvgIpc) is 3.31.